The number of nitrogens with zero attached hydrogens (tertiary/aromatic N) is 13. The molecule has 0 spiro atoms. The molecule has 6 aliphatic heterocycles. The van der Waals surface area contributed by atoms with Gasteiger partial charge >= 0.3 is 24.3 Å². The number of alkyl halides is 7. The summed E-state index contributed by atoms with van der Waals surface area (Å²) in [7, 11) is 0. The number of fused-ring (bicyclic) bond motifs is 12. The van der Waals surface area contributed by atoms with Crippen LogP contribution in [0.2, 0.25) is 0 Å². The fourth-order valence-electron chi connectivity index (χ4n) is 12.4. The Morgan fingerprint density at radius 1 is 0.554 bits per heavy atom. The molecule has 101 heavy (non-hydrogen) atoms. The number of amides is 6. The molecule has 8 aliphatic rings. The normalized spacial score (nSPS) is 21.2. The highest BCUT2D eigenvalue weighted by Gasteiger charge is 2.58. The largest absolute Gasteiger partial charge is 0.491 e. The van der Waals surface area contributed by atoms with E-state index in [0.717, 1.165) is 25.7 Å². The lowest BCUT2D eigenvalue weighted by Gasteiger charge is -2.35. The lowest BCUT2D eigenvalue weighted by atomic mass is 10.1. The van der Waals surface area contributed by atoms with Gasteiger partial charge in [0.15, 0.2) is 40.9 Å². The third-order valence-electron chi connectivity index (χ3n) is 18.0. The number of nitrogens with one attached hydrogen (secondary N) is 3. The Morgan fingerprint density at radius 3 is 1.45 bits per heavy atom. The number of aliphatic hydroxyl groups excluding tert-OH is 5. The molecule has 6 aromatic rings. The zero-order chi connectivity index (χ0) is 71.8. The Balaban J connectivity index is 0.000000144. The third kappa shape index (κ3) is 16.1. The first kappa shape index (κ1) is 70.7. The summed E-state index contributed by atoms with van der Waals surface area (Å²) >= 11 is 0. The smallest absolute Gasteiger partial charge is 0.414 e. The van der Waals surface area contributed by atoms with Crippen molar-refractivity contribution in [2.45, 2.75) is 106 Å². The van der Waals surface area contributed by atoms with Gasteiger partial charge in [-0.3, -0.25) is 45.0 Å². The number of rotatable bonds is 20. The van der Waals surface area contributed by atoms with Gasteiger partial charge in [-0.2, -0.15) is 18.2 Å². The molecule has 0 aromatic carbocycles. The molecular weight excluding hydrogens is 1350 g/mol. The number of halogens is 8. The van der Waals surface area contributed by atoms with Gasteiger partial charge < -0.3 is 49.7 Å². The minimum atomic E-state index is -4.95. The Kier molecular flexibility index (Phi) is 20.2. The van der Waals surface area contributed by atoms with Crippen LogP contribution in [0.4, 0.5) is 102 Å². The molecule has 2 aliphatic carbocycles. The van der Waals surface area contributed by atoms with E-state index < -0.39 is 109 Å². The van der Waals surface area contributed by atoms with Crippen molar-refractivity contribution in [3.8, 4) is 11.6 Å². The van der Waals surface area contributed by atoms with Gasteiger partial charge in [-0.25, -0.2) is 66.2 Å². The van der Waals surface area contributed by atoms with E-state index in [2.05, 4.69) is 60.6 Å². The van der Waals surface area contributed by atoms with Crippen molar-refractivity contribution in [3.05, 3.63) is 108 Å². The SMILES string of the molecule is O=C(C[C@@H]1CC1(F)F)c1ccc2c(n1)N(C(=O)Nc1cc(OC[C@H](O)CO)ccn1)[C@H]1CCN2C1.O=C(C[C@@H]1CC1(F)F)c1ccc2c(n1)N(C(=O)Nc1ccc(F)cn1)[C@H]1CCN2C1.O=C(C[C@H](O)C(F)(F)F)c1ccc2c(n1)N(C(=O)Nc1nccc(OC[C@H](O)CO)n1)[C@H]1CCN2C1. The van der Waals surface area contributed by atoms with Crippen LogP contribution < -0.4 is 54.8 Å². The van der Waals surface area contributed by atoms with E-state index in [1.54, 1.807) is 18.2 Å². The van der Waals surface area contributed by atoms with Crippen LogP contribution in [0.15, 0.2) is 85.3 Å². The maximum absolute atomic E-state index is 13.3. The molecule has 5 fully saturated rings. The topological polar surface area (TPSA) is 368 Å². The molecule has 14 rings (SSSR count). The van der Waals surface area contributed by atoms with Crippen LogP contribution in [0.3, 0.4) is 0 Å². The number of Topliss-reactive ketones (excluding diaryl/α,β-unsaturated/α-hetero) is 3. The maximum atomic E-state index is 13.3. The van der Waals surface area contributed by atoms with Crippen LogP contribution >= 0.6 is 0 Å². The van der Waals surface area contributed by atoms with Gasteiger partial charge in [-0.15, -0.1) is 0 Å². The molecule has 2 saturated carbocycles. The highest BCUT2D eigenvalue weighted by molar-refractivity contribution is 6.07. The molecule has 37 heteroatoms. The van der Waals surface area contributed by atoms with Gasteiger partial charge in [0.05, 0.1) is 54.6 Å². The van der Waals surface area contributed by atoms with Crippen LogP contribution in [-0.4, -0.2) is 216 Å². The molecule has 6 amide bonds. The van der Waals surface area contributed by atoms with Crippen molar-refractivity contribution in [2.24, 2.45) is 11.8 Å². The fourth-order valence-corrected chi connectivity index (χ4v) is 12.4. The Bertz CT molecular complexity index is 4130. The zero-order valence-corrected chi connectivity index (χ0v) is 53.3. The molecule has 8 atom stereocenters. The van der Waals surface area contributed by atoms with Crippen molar-refractivity contribution in [1.29, 1.82) is 0 Å². The second-order valence-electron chi connectivity index (χ2n) is 25.2. The molecule has 0 unspecified atom stereocenters. The zero-order valence-electron chi connectivity index (χ0n) is 53.3. The molecule has 12 heterocycles. The second kappa shape index (κ2) is 28.9. The first-order valence-corrected chi connectivity index (χ1v) is 32.1. The number of hydrogen-bond donors (Lipinski definition) is 8. The van der Waals surface area contributed by atoms with Crippen molar-refractivity contribution in [1.82, 2.24) is 34.9 Å². The number of ether oxygens (including phenoxy) is 2. The average molecular weight is 1420 g/mol. The van der Waals surface area contributed by atoms with E-state index in [1.165, 1.54) is 75.6 Å². The van der Waals surface area contributed by atoms with E-state index in [9.17, 15) is 79.2 Å². The van der Waals surface area contributed by atoms with Gasteiger partial charge in [-0.05, 0) is 73.9 Å². The number of aliphatic hydroxyl groups is 5. The molecule has 8 N–H and O–H groups in total. The highest BCUT2D eigenvalue weighted by atomic mass is 19.4. The summed E-state index contributed by atoms with van der Waals surface area (Å²) < 4.78 is 115. The third-order valence-corrected chi connectivity index (χ3v) is 18.0. The summed E-state index contributed by atoms with van der Waals surface area (Å²) in [5.74, 6) is -8.57. The predicted molar refractivity (Wildman–Crippen MR) is 342 cm³/mol. The number of carbonyl (C=O) groups excluding carboxylic acids is 6. The Labute approximate surface area is 568 Å². The maximum Gasteiger partial charge on any atom is 0.414 e. The van der Waals surface area contributed by atoms with Gasteiger partial charge in [0, 0.05) is 108 Å². The first-order chi connectivity index (χ1) is 48.1. The van der Waals surface area contributed by atoms with E-state index in [4.69, 9.17) is 19.7 Å². The molecule has 0 radical (unpaired) electrons. The number of aromatic nitrogens is 7. The summed E-state index contributed by atoms with van der Waals surface area (Å²) in [4.78, 5) is 116. The van der Waals surface area contributed by atoms with Crippen LogP contribution in [0.25, 0.3) is 0 Å². The van der Waals surface area contributed by atoms with Crippen molar-refractivity contribution in [2.75, 3.05) is 111 Å². The van der Waals surface area contributed by atoms with Crippen LogP contribution in [-0.2, 0) is 0 Å². The number of urea groups is 3. The van der Waals surface area contributed by atoms with Crippen LogP contribution in [0.1, 0.15) is 82.8 Å². The summed E-state index contributed by atoms with van der Waals surface area (Å²) in [6, 6.07) is 13.9. The minimum Gasteiger partial charge on any atom is -0.491 e. The van der Waals surface area contributed by atoms with E-state index in [-0.39, 0.29) is 103 Å². The van der Waals surface area contributed by atoms with Crippen molar-refractivity contribution >= 4 is 87.5 Å². The molecule has 3 saturated heterocycles. The number of pyridine rings is 5. The number of anilines is 9. The summed E-state index contributed by atoms with van der Waals surface area (Å²) in [5.41, 5.74) is 1.75. The quantitative estimate of drug-likeness (QED) is 0.0308. The molecular formula is C64H66F8N16O13. The predicted octanol–water partition coefficient (Wildman–Crippen LogP) is 6.27. The molecule has 6 aromatic heterocycles. The molecule has 29 nitrogen and oxygen atoms in total. The number of carbonyl (C=O) groups is 6. The Hall–Kier alpha value is -10.1. The minimum absolute atomic E-state index is 0.0353. The molecule has 6 bridgehead atoms. The number of ketones is 3. The van der Waals surface area contributed by atoms with Gasteiger partial charge in [0.1, 0.15) is 65.7 Å². The first-order valence-electron chi connectivity index (χ1n) is 32.1. The van der Waals surface area contributed by atoms with E-state index >= 15 is 0 Å². The Morgan fingerprint density at radius 2 is 1.00 bits per heavy atom. The highest BCUT2D eigenvalue weighted by Crippen LogP contribution is 2.52. The lowest BCUT2D eigenvalue weighted by molar-refractivity contribution is -0.202. The van der Waals surface area contributed by atoms with Gasteiger partial charge in [0.25, 0.3) is 11.8 Å². The van der Waals surface area contributed by atoms with Crippen molar-refractivity contribution in [3.63, 3.8) is 0 Å². The fraction of sp³-hybridized carbons (Fsp3) is 0.453. The monoisotopic (exact) mass is 1420 g/mol. The average Bonchev–Trinajstić information content (AvgIpc) is 1.44. The summed E-state index contributed by atoms with van der Waals surface area (Å²) in [6.45, 7) is 2.48. The van der Waals surface area contributed by atoms with Crippen molar-refractivity contribution < 1.29 is 98.9 Å². The van der Waals surface area contributed by atoms with Gasteiger partial charge in [-0.1, -0.05) is 0 Å². The number of hydrogen-bond acceptors (Lipinski definition) is 23. The van der Waals surface area contributed by atoms with Crippen LogP contribution in [0, 0.1) is 17.7 Å². The van der Waals surface area contributed by atoms with E-state index in [0.29, 0.717) is 73.5 Å². The van der Waals surface area contributed by atoms with Gasteiger partial charge in [0.2, 0.25) is 11.8 Å². The lowest BCUT2D eigenvalue weighted by Crippen LogP contribution is -2.48. The standard InChI is InChI=1S/C23H25F2N5O5.C21H23F3N6O6.C20H18F3N5O2/c24-23(25)9-13(23)7-19(33)17-1-2-18-21(27-17)30(14-4-6-29(18)10-14)22(34)28-20-8-16(3-5-26-20)35-12-15(32)11-31;22-21(23,24)16(34)7-15(33)13-1-2-14-18(26-13)30(11-4-6-29(14)8-11)20(35)28-19-25-5-3-17(27-19)36-10-12(32)9-31;21-12-1-4-17(24-9-12)26-19(30)28-13-5-6-27(10-13)15-3-2-14(25-18(15)28)16(29)7-11-8-20(11,22)23/h1-3,5,8,13-15,31-32H,4,6-7,9-12H2,(H,26,28,34);1-3,5,11-12,16,31-32,34H,4,6-10H2,(H,25,27,28,35);1-4,9,11,13H,5-8,10H2,(H,24,26,30)/t13-,14+,15-;11-,12+,16-;11-,13+/m101/s1. The summed E-state index contributed by atoms with van der Waals surface area (Å²) in [6.07, 6.45) is -6.48. The van der Waals surface area contributed by atoms with E-state index in [1.807, 2.05) is 4.90 Å². The van der Waals surface area contributed by atoms with Crippen LogP contribution in [0.5, 0.6) is 11.6 Å². The summed E-state index contributed by atoms with van der Waals surface area (Å²) in [5, 5.41) is 53.8. The second-order valence-corrected chi connectivity index (χ2v) is 25.2. The molecule has 536 valence electrons.